The Morgan fingerprint density at radius 3 is 2.20 bits per heavy atom. The fourth-order valence-electron chi connectivity index (χ4n) is 1.30. The second-order valence-corrected chi connectivity index (χ2v) is 9.74. The van der Waals surface area contributed by atoms with Crippen molar-refractivity contribution in [1.82, 2.24) is 5.34 Å². The first-order chi connectivity index (χ1) is 6.66. The maximum absolute atomic E-state index is 14.0. The molecule has 0 aliphatic rings. The van der Waals surface area contributed by atoms with Crippen LogP contribution in [-0.2, 0) is 4.79 Å². The van der Waals surface area contributed by atoms with Gasteiger partial charge in [0.2, 0.25) is 0 Å². The number of nitrogens with zero attached hydrogens (tertiary/aromatic N) is 1. The highest BCUT2D eigenvalue weighted by Gasteiger charge is 2.51. The van der Waals surface area contributed by atoms with Crippen molar-refractivity contribution in [2.45, 2.75) is 51.1 Å². The molecule has 0 bridgehead atoms. The molecule has 0 saturated heterocycles. The molecule has 0 spiro atoms. The van der Waals surface area contributed by atoms with E-state index in [0.717, 1.165) is 19.8 Å². The lowest BCUT2D eigenvalue weighted by Gasteiger charge is -2.34. The number of halogens is 3. The molecule has 1 amide bonds. The molecule has 0 N–H and O–H groups in total. The summed E-state index contributed by atoms with van der Waals surface area (Å²) in [5, 5.41) is -4.04. The molecule has 0 saturated carbocycles. The molecule has 0 radical (unpaired) electrons. The second-order valence-electron chi connectivity index (χ2n) is 4.53. The van der Waals surface area contributed by atoms with E-state index < -0.39 is 24.6 Å². The summed E-state index contributed by atoms with van der Waals surface area (Å²) in [6, 6.07) is 0.538. The van der Waals surface area contributed by atoms with Crippen molar-refractivity contribution in [3.8, 4) is 0 Å². The summed E-state index contributed by atoms with van der Waals surface area (Å²) in [4.78, 5) is 11.0. The van der Waals surface area contributed by atoms with Gasteiger partial charge in [-0.2, -0.15) is 0 Å². The number of hydrogen-bond donors (Lipinski definition) is 0. The normalized spacial score (nSPS) is 15.9. The van der Waals surface area contributed by atoms with Gasteiger partial charge in [0.25, 0.3) is 0 Å². The lowest BCUT2D eigenvalue weighted by Crippen LogP contribution is -2.56. The molecular formula is C9H18F3NOSi. The summed E-state index contributed by atoms with van der Waals surface area (Å²) >= 11 is 0. The second kappa shape index (κ2) is 5.00. The molecule has 6 heteroatoms. The molecule has 1 unspecified atom stereocenters. The van der Waals surface area contributed by atoms with Crippen LogP contribution < -0.4 is 0 Å². The largest absolute Gasteiger partial charge is 0.316 e. The molecule has 15 heavy (non-hydrogen) atoms. The third kappa shape index (κ3) is 3.22. The standard InChI is InChI=1S/C9H18F3NOSi/c1-5-6-7-15(3,4)9(2,10)8(14)13(11)12/h5-7H2,1-4H3. The lowest BCUT2D eigenvalue weighted by molar-refractivity contribution is -0.195. The molecule has 0 aromatic carbocycles. The molecule has 90 valence electrons. The quantitative estimate of drug-likeness (QED) is 0.534. The van der Waals surface area contributed by atoms with Crippen molar-refractivity contribution in [3.63, 3.8) is 0 Å². The number of unbranched alkanes of at least 4 members (excludes halogenated alkanes) is 1. The Labute approximate surface area is 89.3 Å². The Morgan fingerprint density at radius 1 is 1.40 bits per heavy atom. The van der Waals surface area contributed by atoms with E-state index in [-0.39, 0.29) is 0 Å². The predicted octanol–water partition coefficient (Wildman–Crippen LogP) is 3.36. The first-order valence-electron chi connectivity index (χ1n) is 5.02. The molecule has 0 rings (SSSR count). The van der Waals surface area contributed by atoms with E-state index in [1.54, 1.807) is 13.1 Å². The van der Waals surface area contributed by atoms with Gasteiger partial charge in [0.05, 0.1) is 0 Å². The van der Waals surface area contributed by atoms with Crippen LogP contribution in [0, 0.1) is 0 Å². The number of carbonyl (C=O) groups is 1. The minimum absolute atomic E-state index is 0.538. The van der Waals surface area contributed by atoms with Crippen LogP contribution >= 0.6 is 0 Å². The van der Waals surface area contributed by atoms with Crippen LogP contribution in [0.25, 0.3) is 0 Å². The van der Waals surface area contributed by atoms with Crippen molar-refractivity contribution in [2.24, 2.45) is 0 Å². The molecule has 1 atom stereocenters. The minimum Gasteiger partial charge on any atom is -0.266 e. The summed E-state index contributed by atoms with van der Waals surface area (Å²) in [5.74, 6) is -1.71. The van der Waals surface area contributed by atoms with Gasteiger partial charge >= 0.3 is 5.91 Å². The van der Waals surface area contributed by atoms with Gasteiger partial charge in [-0.1, -0.05) is 47.9 Å². The van der Waals surface area contributed by atoms with Gasteiger partial charge in [-0.3, -0.25) is 4.79 Å². The van der Waals surface area contributed by atoms with Crippen LogP contribution in [0.5, 0.6) is 0 Å². The zero-order valence-electron chi connectivity index (χ0n) is 9.61. The number of amides is 1. The molecule has 0 aromatic rings. The third-order valence-corrected chi connectivity index (χ3v) is 7.34. The van der Waals surface area contributed by atoms with Crippen molar-refractivity contribution < 1.29 is 18.1 Å². The number of rotatable bonds is 5. The van der Waals surface area contributed by atoms with Gasteiger partial charge in [0, 0.05) is 0 Å². The van der Waals surface area contributed by atoms with Crippen molar-refractivity contribution in [2.75, 3.05) is 0 Å². The molecular weight excluding hydrogens is 223 g/mol. The molecule has 0 fully saturated rings. The Hall–Kier alpha value is -0.523. The molecule has 2 nitrogen and oxygen atoms in total. The fraction of sp³-hybridized carbons (Fsp3) is 0.889. The van der Waals surface area contributed by atoms with E-state index in [4.69, 9.17) is 0 Å². The first-order valence-corrected chi connectivity index (χ1v) is 8.22. The van der Waals surface area contributed by atoms with Crippen molar-refractivity contribution >= 4 is 14.0 Å². The zero-order valence-corrected chi connectivity index (χ0v) is 10.6. The number of alkyl halides is 1. The highest BCUT2D eigenvalue weighted by Crippen LogP contribution is 2.32. The highest BCUT2D eigenvalue weighted by molar-refractivity contribution is 6.83. The van der Waals surface area contributed by atoms with Crippen LogP contribution in [0.4, 0.5) is 13.4 Å². The first kappa shape index (κ1) is 14.5. The summed E-state index contributed by atoms with van der Waals surface area (Å²) < 4.78 is 38.1. The van der Waals surface area contributed by atoms with Crippen LogP contribution in [0.1, 0.15) is 26.7 Å². The third-order valence-electron chi connectivity index (χ3n) is 2.98. The SMILES string of the molecule is CCCC[Si](C)(C)C(C)(F)C(=O)N(F)F. The molecule has 0 aromatic heterocycles. The van der Waals surface area contributed by atoms with Gasteiger partial charge in [0.1, 0.15) is 8.07 Å². The van der Waals surface area contributed by atoms with E-state index in [1.807, 2.05) is 6.92 Å². The monoisotopic (exact) mass is 241 g/mol. The Bertz CT molecular complexity index is 231. The summed E-state index contributed by atoms with van der Waals surface area (Å²) in [7, 11) is -2.62. The Morgan fingerprint density at radius 2 is 1.87 bits per heavy atom. The van der Waals surface area contributed by atoms with Gasteiger partial charge in [-0.25, -0.2) is 4.39 Å². The lowest BCUT2D eigenvalue weighted by atomic mass is 10.4. The van der Waals surface area contributed by atoms with Gasteiger partial charge < -0.3 is 0 Å². The van der Waals surface area contributed by atoms with E-state index >= 15 is 0 Å². The molecule has 0 heterocycles. The topological polar surface area (TPSA) is 20.3 Å². The maximum Gasteiger partial charge on any atom is 0.316 e. The zero-order chi connectivity index (χ0) is 12.3. The van der Waals surface area contributed by atoms with Crippen LogP contribution in [0.3, 0.4) is 0 Å². The van der Waals surface area contributed by atoms with Crippen molar-refractivity contribution in [1.29, 1.82) is 0 Å². The Balaban J connectivity index is 4.75. The van der Waals surface area contributed by atoms with E-state index in [1.165, 1.54) is 0 Å². The summed E-state index contributed by atoms with van der Waals surface area (Å²) in [6.45, 7) is 6.18. The summed E-state index contributed by atoms with van der Waals surface area (Å²) in [6.07, 6.45) is 1.64. The van der Waals surface area contributed by atoms with Gasteiger partial charge in [0.15, 0.2) is 5.29 Å². The van der Waals surface area contributed by atoms with Gasteiger partial charge in [-0.15, -0.1) is 0 Å². The average Bonchev–Trinajstić information content (AvgIpc) is 2.13. The van der Waals surface area contributed by atoms with E-state index in [2.05, 4.69) is 0 Å². The number of carbonyl (C=O) groups excluding carboxylic acids is 1. The maximum atomic E-state index is 14.0. The average molecular weight is 241 g/mol. The fourth-order valence-corrected chi connectivity index (χ4v) is 3.67. The van der Waals surface area contributed by atoms with Gasteiger partial charge in [-0.05, 0) is 12.3 Å². The molecule has 0 aliphatic carbocycles. The number of hydrogen-bond acceptors (Lipinski definition) is 1. The smallest absolute Gasteiger partial charge is 0.266 e. The van der Waals surface area contributed by atoms with E-state index in [0.29, 0.717) is 6.04 Å². The van der Waals surface area contributed by atoms with Crippen LogP contribution in [0.15, 0.2) is 0 Å². The minimum atomic E-state index is -2.62. The summed E-state index contributed by atoms with van der Waals surface area (Å²) in [5.41, 5.74) is 0. The highest BCUT2D eigenvalue weighted by atomic mass is 28.3. The van der Waals surface area contributed by atoms with Crippen LogP contribution in [0.2, 0.25) is 19.1 Å². The predicted molar refractivity (Wildman–Crippen MR) is 55.8 cm³/mol. The van der Waals surface area contributed by atoms with Crippen LogP contribution in [-0.4, -0.2) is 24.6 Å². The van der Waals surface area contributed by atoms with E-state index in [9.17, 15) is 18.1 Å². The van der Waals surface area contributed by atoms with Crippen molar-refractivity contribution in [3.05, 3.63) is 0 Å². The molecule has 0 aliphatic heterocycles. The Kier molecular flexibility index (Phi) is 4.83.